The van der Waals surface area contributed by atoms with Gasteiger partial charge in [-0.1, -0.05) is 25.1 Å². The van der Waals surface area contributed by atoms with Crippen molar-refractivity contribution in [1.29, 1.82) is 0 Å². The maximum absolute atomic E-state index is 13.5. The molecule has 2 unspecified atom stereocenters. The van der Waals surface area contributed by atoms with Gasteiger partial charge in [0.05, 0.1) is 0 Å². The second-order valence-corrected chi connectivity index (χ2v) is 4.89. The minimum absolute atomic E-state index is 0.116. The van der Waals surface area contributed by atoms with Gasteiger partial charge in [-0.15, -0.1) is 0 Å². The summed E-state index contributed by atoms with van der Waals surface area (Å²) in [5.74, 6) is 0.491. The van der Waals surface area contributed by atoms with Crippen molar-refractivity contribution in [1.82, 2.24) is 4.90 Å². The summed E-state index contributed by atoms with van der Waals surface area (Å²) >= 11 is 0. The summed E-state index contributed by atoms with van der Waals surface area (Å²) in [5.41, 5.74) is 6.74. The number of nitrogens with two attached hydrogens (primary N) is 1. The topological polar surface area (TPSA) is 29.3 Å². The van der Waals surface area contributed by atoms with E-state index in [0.29, 0.717) is 12.5 Å². The van der Waals surface area contributed by atoms with Crippen molar-refractivity contribution >= 4 is 0 Å². The molecule has 16 heavy (non-hydrogen) atoms. The van der Waals surface area contributed by atoms with E-state index >= 15 is 0 Å². The number of benzene rings is 1. The van der Waals surface area contributed by atoms with Gasteiger partial charge in [0.2, 0.25) is 0 Å². The molecule has 0 bridgehead atoms. The van der Waals surface area contributed by atoms with Gasteiger partial charge in [-0.2, -0.15) is 0 Å². The Morgan fingerprint density at radius 2 is 2.12 bits per heavy atom. The average molecular weight is 222 g/mol. The van der Waals surface area contributed by atoms with Gasteiger partial charge >= 0.3 is 0 Å². The molecule has 1 heterocycles. The zero-order valence-corrected chi connectivity index (χ0v) is 9.70. The first-order valence-electron chi connectivity index (χ1n) is 5.86. The fourth-order valence-corrected chi connectivity index (χ4v) is 2.51. The van der Waals surface area contributed by atoms with Crippen LogP contribution in [0.25, 0.3) is 0 Å². The van der Waals surface area contributed by atoms with Crippen LogP contribution in [0.3, 0.4) is 0 Å². The summed E-state index contributed by atoms with van der Waals surface area (Å²) in [6, 6.07) is 7.20. The minimum Gasteiger partial charge on any atom is -0.327 e. The lowest BCUT2D eigenvalue weighted by Gasteiger charge is -2.34. The van der Waals surface area contributed by atoms with Crippen LogP contribution in [0.15, 0.2) is 24.3 Å². The van der Waals surface area contributed by atoms with Gasteiger partial charge in [0.1, 0.15) is 5.82 Å². The molecule has 0 spiro atoms. The molecule has 1 aliphatic heterocycles. The van der Waals surface area contributed by atoms with E-state index in [-0.39, 0.29) is 11.9 Å². The quantitative estimate of drug-likeness (QED) is 0.829. The molecule has 0 saturated carbocycles. The Kier molecular flexibility index (Phi) is 3.56. The van der Waals surface area contributed by atoms with Crippen LogP contribution in [0.2, 0.25) is 0 Å². The Morgan fingerprint density at radius 1 is 1.38 bits per heavy atom. The molecule has 0 amide bonds. The molecule has 88 valence electrons. The SMILES string of the molecule is CC1CC(N)CN(Cc2ccccc2F)C1. The lowest BCUT2D eigenvalue weighted by molar-refractivity contribution is 0.157. The fourth-order valence-electron chi connectivity index (χ4n) is 2.51. The number of nitrogens with zero attached hydrogens (tertiary/aromatic N) is 1. The zero-order chi connectivity index (χ0) is 11.5. The summed E-state index contributed by atoms with van der Waals surface area (Å²) in [7, 11) is 0. The third-order valence-corrected chi connectivity index (χ3v) is 3.12. The van der Waals surface area contributed by atoms with Gasteiger partial charge in [0.15, 0.2) is 0 Å². The molecular weight excluding hydrogens is 203 g/mol. The van der Waals surface area contributed by atoms with E-state index < -0.39 is 0 Å². The molecule has 2 nitrogen and oxygen atoms in total. The largest absolute Gasteiger partial charge is 0.327 e. The number of hydrogen-bond donors (Lipinski definition) is 1. The van der Waals surface area contributed by atoms with Crippen LogP contribution in [-0.4, -0.2) is 24.0 Å². The van der Waals surface area contributed by atoms with E-state index in [4.69, 9.17) is 5.73 Å². The first-order valence-corrected chi connectivity index (χ1v) is 5.86. The highest BCUT2D eigenvalue weighted by molar-refractivity contribution is 5.17. The first-order chi connectivity index (χ1) is 7.65. The van der Waals surface area contributed by atoms with E-state index in [1.54, 1.807) is 6.07 Å². The Labute approximate surface area is 96.2 Å². The molecule has 1 saturated heterocycles. The molecule has 2 N–H and O–H groups in total. The van der Waals surface area contributed by atoms with Crippen molar-refractivity contribution in [3.05, 3.63) is 35.6 Å². The van der Waals surface area contributed by atoms with E-state index in [1.165, 1.54) is 6.07 Å². The molecule has 2 rings (SSSR count). The van der Waals surface area contributed by atoms with E-state index in [2.05, 4.69) is 11.8 Å². The van der Waals surface area contributed by atoms with Crippen molar-refractivity contribution in [3.63, 3.8) is 0 Å². The van der Waals surface area contributed by atoms with Crippen molar-refractivity contribution in [2.75, 3.05) is 13.1 Å². The van der Waals surface area contributed by atoms with Crippen LogP contribution in [0.4, 0.5) is 4.39 Å². The first kappa shape index (κ1) is 11.6. The predicted octanol–water partition coefficient (Wildman–Crippen LogP) is 1.99. The van der Waals surface area contributed by atoms with Crippen molar-refractivity contribution in [2.24, 2.45) is 11.7 Å². The van der Waals surface area contributed by atoms with E-state index in [1.807, 2.05) is 12.1 Å². The van der Waals surface area contributed by atoms with Gasteiger partial charge in [-0.05, 0) is 18.4 Å². The maximum atomic E-state index is 13.5. The second kappa shape index (κ2) is 4.93. The van der Waals surface area contributed by atoms with Gasteiger partial charge in [0.25, 0.3) is 0 Å². The van der Waals surface area contributed by atoms with Crippen molar-refractivity contribution in [3.8, 4) is 0 Å². The summed E-state index contributed by atoms with van der Waals surface area (Å²) in [6.07, 6.45) is 1.08. The molecular formula is C13H19FN2. The van der Waals surface area contributed by atoms with Crippen molar-refractivity contribution < 1.29 is 4.39 Å². The zero-order valence-electron chi connectivity index (χ0n) is 9.70. The lowest BCUT2D eigenvalue weighted by atomic mass is 9.96. The van der Waals surface area contributed by atoms with Crippen LogP contribution in [0.5, 0.6) is 0 Å². The maximum Gasteiger partial charge on any atom is 0.127 e. The molecule has 3 heteroatoms. The monoisotopic (exact) mass is 222 g/mol. The second-order valence-electron chi connectivity index (χ2n) is 4.89. The molecule has 1 aliphatic rings. The van der Waals surface area contributed by atoms with Gasteiger partial charge in [-0.25, -0.2) is 4.39 Å². The summed E-state index contributed by atoms with van der Waals surface area (Å²) in [5, 5.41) is 0. The molecule has 0 radical (unpaired) electrons. The lowest BCUT2D eigenvalue weighted by Crippen LogP contribution is -2.45. The molecule has 2 atom stereocenters. The highest BCUT2D eigenvalue weighted by Crippen LogP contribution is 2.18. The van der Waals surface area contributed by atoms with Crippen molar-refractivity contribution in [2.45, 2.75) is 25.9 Å². The number of likely N-dealkylation sites (tertiary alicyclic amines) is 1. The summed E-state index contributed by atoms with van der Waals surface area (Å²) < 4.78 is 13.5. The number of piperidine rings is 1. The van der Waals surface area contributed by atoms with Crippen LogP contribution in [-0.2, 0) is 6.54 Å². The number of halogens is 1. The van der Waals surface area contributed by atoms with Gasteiger partial charge in [0, 0.05) is 31.2 Å². The average Bonchev–Trinajstić information content (AvgIpc) is 2.20. The Bertz CT molecular complexity index is 344. The summed E-state index contributed by atoms with van der Waals surface area (Å²) in [6.45, 7) is 4.76. The molecule has 0 aromatic heterocycles. The predicted molar refractivity (Wildman–Crippen MR) is 63.4 cm³/mol. The Balaban J connectivity index is 2.02. The normalized spacial score (nSPS) is 26.9. The van der Waals surface area contributed by atoms with E-state index in [0.717, 1.165) is 25.1 Å². The third-order valence-electron chi connectivity index (χ3n) is 3.12. The Hall–Kier alpha value is -0.930. The molecule has 1 aromatic rings. The van der Waals surface area contributed by atoms with Crippen LogP contribution >= 0.6 is 0 Å². The number of hydrogen-bond acceptors (Lipinski definition) is 2. The highest BCUT2D eigenvalue weighted by Gasteiger charge is 2.22. The molecule has 1 fully saturated rings. The standard InChI is InChI=1S/C13H19FN2/c1-10-6-12(15)9-16(7-10)8-11-4-2-3-5-13(11)14/h2-5,10,12H,6-9,15H2,1H3. The smallest absolute Gasteiger partial charge is 0.127 e. The number of rotatable bonds is 2. The molecule has 0 aliphatic carbocycles. The molecule has 1 aromatic carbocycles. The minimum atomic E-state index is -0.116. The van der Waals surface area contributed by atoms with Gasteiger partial charge in [-0.3, -0.25) is 4.90 Å². The van der Waals surface area contributed by atoms with E-state index in [9.17, 15) is 4.39 Å². The summed E-state index contributed by atoms with van der Waals surface area (Å²) in [4.78, 5) is 2.25. The van der Waals surface area contributed by atoms with Crippen LogP contribution in [0.1, 0.15) is 18.9 Å². The van der Waals surface area contributed by atoms with Gasteiger partial charge < -0.3 is 5.73 Å². The Morgan fingerprint density at radius 3 is 2.81 bits per heavy atom. The third kappa shape index (κ3) is 2.80. The van der Waals surface area contributed by atoms with Crippen LogP contribution in [0, 0.1) is 11.7 Å². The highest BCUT2D eigenvalue weighted by atomic mass is 19.1. The fraction of sp³-hybridized carbons (Fsp3) is 0.538. The van der Waals surface area contributed by atoms with Crippen LogP contribution < -0.4 is 5.73 Å².